The highest BCUT2D eigenvalue weighted by molar-refractivity contribution is 5.67. The Morgan fingerprint density at radius 1 is 1.23 bits per heavy atom. The second-order valence-electron chi connectivity index (χ2n) is 5.22. The van der Waals surface area contributed by atoms with Gasteiger partial charge in [0.15, 0.2) is 0 Å². The molecule has 2 heterocycles. The van der Waals surface area contributed by atoms with Crippen molar-refractivity contribution < 1.29 is 5.11 Å². The van der Waals surface area contributed by atoms with Crippen LogP contribution in [-0.2, 0) is 6.61 Å². The van der Waals surface area contributed by atoms with Crippen LogP contribution in [0.2, 0.25) is 0 Å². The first-order valence-corrected chi connectivity index (χ1v) is 7.12. The molecule has 0 atom stereocenters. The van der Waals surface area contributed by atoms with Crippen molar-refractivity contribution in [1.29, 1.82) is 0 Å². The number of benzene rings is 1. The summed E-state index contributed by atoms with van der Waals surface area (Å²) < 4.78 is 0. The molecule has 0 bridgehead atoms. The first-order chi connectivity index (χ1) is 10.7. The topological polar surface area (TPSA) is 73.8 Å². The summed E-state index contributed by atoms with van der Waals surface area (Å²) in [4.78, 5) is 12.1. The molecule has 3 aromatic rings. The largest absolute Gasteiger partial charge is 0.392 e. The fourth-order valence-corrected chi connectivity index (χ4v) is 2.49. The Kier molecular flexibility index (Phi) is 3.89. The van der Waals surface area contributed by atoms with Crippen LogP contribution >= 0.6 is 0 Å². The SMILES string of the molecule is Cc1c[nH]c(C)c1-c1ccnc(Nc2cccc(CO)c2)n1. The third-order valence-corrected chi connectivity index (χ3v) is 3.55. The van der Waals surface area contributed by atoms with Gasteiger partial charge in [0, 0.05) is 29.3 Å². The monoisotopic (exact) mass is 294 g/mol. The third-order valence-electron chi connectivity index (χ3n) is 3.55. The molecule has 0 spiro atoms. The maximum absolute atomic E-state index is 9.20. The van der Waals surface area contributed by atoms with Crippen LogP contribution in [0.15, 0.2) is 42.7 Å². The number of aromatic nitrogens is 3. The molecule has 0 fully saturated rings. The van der Waals surface area contributed by atoms with E-state index in [-0.39, 0.29) is 6.61 Å². The first-order valence-electron chi connectivity index (χ1n) is 7.12. The van der Waals surface area contributed by atoms with Crippen molar-refractivity contribution in [1.82, 2.24) is 15.0 Å². The van der Waals surface area contributed by atoms with Crippen LogP contribution in [0.5, 0.6) is 0 Å². The molecular formula is C17H18N4O. The lowest BCUT2D eigenvalue weighted by atomic mass is 10.1. The quantitative estimate of drug-likeness (QED) is 0.690. The van der Waals surface area contributed by atoms with E-state index in [1.54, 1.807) is 6.20 Å². The molecule has 1 aromatic carbocycles. The van der Waals surface area contributed by atoms with E-state index in [1.165, 1.54) is 0 Å². The standard InChI is InChI=1S/C17H18N4O/c1-11-9-19-12(2)16(11)15-6-7-18-17(21-15)20-14-5-3-4-13(8-14)10-22/h3-9,19,22H,10H2,1-2H3,(H,18,20,21). The molecule has 2 aromatic heterocycles. The molecule has 0 saturated carbocycles. The van der Waals surface area contributed by atoms with Crippen molar-refractivity contribution in [3.05, 3.63) is 59.5 Å². The highest BCUT2D eigenvalue weighted by atomic mass is 16.3. The van der Waals surface area contributed by atoms with Crippen LogP contribution in [0, 0.1) is 13.8 Å². The number of hydrogen-bond donors (Lipinski definition) is 3. The van der Waals surface area contributed by atoms with Crippen molar-refractivity contribution in [3.63, 3.8) is 0 Å². The summed E-state index contributed by atoms with van der Waals surface area (Å²) in [5.41, 5.74) is 5.93. The summed E-state index contributed by atoms with van der Waals surface area (Å²) in [6, 6.07) is 9.45. The smallest absolute Gasteiger partial charge is 0.227 e. The van der Waals surface area contributed by atoms with Crippen LogP contribution in [0.1, 0.15) is 16.8 Å². The number of aliphatic hydroxyl groups excluding tert-OH is 1. The van der Waals surface area contributed by atoms with E-state index < -0.39 is 0 Å². The lowest BCUT2D eigenvalue weighted by Crippen LogP contribution is -1.99. The zero-order valence-corrected chi connectivity index (χ0v) is 12.6. The van der Waals surface area contributed by atoms with Gasteiger partial charge in [-0.1, -0.05) is 12.1 Å². The zero-order valence-electron chi connectivity index (χ0n) is 12.6. The van der Waals surface area contributed by atoms with E-state index in [0.29, 0.717) is 5.95 Å². The molecule has 0 aliphatic carbocycles. The average molecular weight is 294 g/mol. The Morgan fingerprint density at radius 3 is 2.82 bits per heavy atom. The van der Waals surface area contributed by atoms with Crippen LogP contribution < -0.4 is 5.32 Å². The summed E-state index contributed by atoms with van der Waals surface area (Å²) in [5.74, 6) is 0.535. The van der Waals surface area contributed by atoms with Gasteiger partial charge in [-0.15, -0.1) is 0 Å². The number of aromatic amines is 1. The van der Waals surface area contributed by atoms with E-state index in [1.807, 2.05) is 43.5 Å². The Balaban J connectivity index is 1.91. The van der Waals surface area contributed by atoms with Crippen molar-refractivity contribution in [2.24, 2.45) is 0 Å². The van der Waals surface area contributed by atoms with Crippen LogP contribution in [0.4, 0.5) is 11.6 Å². The summed E-state index contributed by atoms with van der Waals surface area (Å²) in [5, 5.41) is 12.4. The Bertz CT molecular complexity index is 775. The van der Waals surface area contributed by atoms with Gasteiger partial charge in [0.1, 0.15) is 0 Å². The van der Waals surface area contributed by atoms with Gasteiger partial charge in [-0.2, -0.15) is 0 Å². The summed E-state index contributed by atoms with van der Waals surface area (Å²) in [7, 11) is 0. The minimum atomic E-state index is 0.0121. The zero-order chi connectivity index (χ0) is 15.5. The van der Waals surface area contributed by atoms with Gasteiger partial charge in [0.05, 0.1) is 12.3 Å². The summed E-state index contributed by atoms with van der Waals surface area (Å²) >= 11 is 0. The van der Waals surface area contributed by atoms with Crippen LogP contribution in [0.25, 0.3) is 11.3 Å². The normalized spacial score (nSPS) is 10.7. The Hall–Kier alpha value is -2.66. The molecule has 0 saturated heterocycles. The molecule has 3 rings (SSSR count). The maximum Gasteiger partial charge on any atom is 0.227 e. The molecule has 0 aliphatic heterocycles. The molecular weight excluding hydrogens is 276 g/mol. The number of H-pyrrole nitrogens is 1. The minimum absolute atomic E-state index is 0.0121. The number of nitrogens with one attached hydrogen (secondary N) is 2. The predicted octanol–water partition coefficient (Wildman–Crippen LogP) is 3.32. The van der Waals surface area contributed by atoms with Gasteiger partial charge in [0.25, 0.3) is 0 Å². The van der Waals surface area contributed by atoms with E-state index in [4.69, 9.17) is 0 Å². The average Bonchev–Trinajstić information content (AvgIpc) is 2.87. The number of aryl methyl sites for hydroxylation is 2. The molecule has 0 amide bonds. The number of nitrogens with zero attached hydrogens (tertiary/aromatic N) is 2. The summed E-state index contributed by atoms with van der Waals surface area (Å²) in [6.45, 7) is 4.10. The van der Waals surface area contributed by atoms with Gasteiger partial charge in [-0.05, 0) is 43.2 Å². The van der Waals surface area contributed by atoms with Gasteiger partial charge in [0.2, 0.25) is 5.95 Å². The Morgan fingerprint density at radius 2 is 2.09 bits per heavy atom. The molecule has 22 heavy (non-hydrogen) atoms. The van der Waals surface area contributed by atoms with Gasteiger partial charge in [-0.25, -0.2) is 9.97 Å². The predicted molar refractivity (Wildman–Crippen MR) is 86.9 cm³/mol. The molecule has 112 valence electrons. The lowest BCUT2D eigenvalue weighted by molar-refractivity contribution is 0.282. The van der Waals surface area contributed by atoms with Crippen LogP contribution in [0.3, 0.4) is 0 Å². The van der Waals surface area contributed by atoms with Gasteiger partial charge >= 0.3 is 0 Å². The van der Waals surface area contributed by atoms with Gasteiger partial charge in [-0.3, -0.25) is 0 Å². The molecule has 0 radical (unpaired) electrons. The molecule has 5 nitrogen and oxygen atoms in total. The highest BCUT2D eigenvalue weighted by Gasteiger charge is 2.10. The third kappa shape index (κ3) is 2.84. The molecule has 0 aliphatic rings. The van der Waals surface area contributed by atoms with Crippen LogP contribution in [-0.4, -0.2) is 20.1 Å². The second-order valence-corrected chi connectivity index (χ2v) is 5.22. The molecule has 5 heteroatoms. The number of anilines is 2. The van der Waals surface area contributed by atoms with E-state index in [2.05, 4.69) is 27.2 Å². The number of hydrogen-bond acceptors (Lipinski definition) is 4. The maximum atomic E-state index is 9.20. The summed E-state index contributed by atoms with van der Waals surface area (Å²) in [6.07, 6.45) is 3.72. The van der Waals surface area contributed by atoms with Crippen molar-refractivity contribution >= 4 is 11.6 Å². The molecule has 0 unspecified atom stereocenters. The lowest BCUT2D eigenvalue weighted by Gasteiger charge is -2.08. The van der Waals surface area contributed by atoms with Crippen molar-refractivity contribution in [2.45, 2.75) is 20.5 Å². The molecule has 3 N–H and O–H groups in total. The number of rotatable bonds is 4. The second kappa shape index (κ2) is 5.99. The fraction of sp³-hybridized carbons (Fsp3) is 0.176. The fourth-order valence-electron chi connectivity index (χ4n) is 2.49. The highest BCUT2D eigenvalue weighted by Crippen LogP contribution is 2.26. The first kappa shape index (κ1) is 14.3. The minimum Gasteiger partial charge on any atom is -0.392 e. The van der Waals surface area contributed by atoms with E-state index in [0.717, 1.165) is 33.8 Å². The Labute approximate surface area is 129 Å². The van der Waals surface area contributed by atoms with Crippen molar-refractivity contribution in [3.8, 4) is 11.3 Å². The van der Waals surface area contributed by atoms with E-state index in [9.17, 15) is 5.11 Å². The number of aliphatic hydroxyl groups is 1. The van der Waals surface area contributed by atoms with Gasteiger partial charge < -0.3 is 15.4 Å². The van der Waals surface area contributed by atoms with E-state index >= 15 is 0 Å². The van der Waals surface area contributed by atoms with Crippen molar-refractivity contribution in [2.75, 3.05) is 5.32 Å².